The summed E-state index contributed by atoms with van der Waals surface area (Å²) in [6.07, 6.45) is 2.03. The first kappa shape index (κ1) is 25.6. The minimum atomic E-state index is -0.907. The molecule has 8 heteroatoms. The van der Waals surface area contributed by atoms with Gasteiger partial charge in [-0.25, -0.2) is 8.78 Å². The van der Waals surface area contributed by atoms with Crippen molar-refractivity contribution in [2.24, 2.45) is 0 Å². The molecule has 6 nitrogen and oxygen atoms in total. The average molecular weight is 518 g/mol. The number of likely N-dealkylation sites (tertiary alicyclic amines) is 1. The van der Waals surface area contributed by atoms with Crippen LogP contribution < -0.4 is 10.6 Å². The van der Waals surface area contributed by atoms with Crippen LogP contribution in [-0.4, -0.2) is 42.9 Å². The highest BCUT2D eigenvalue weighted by molar-refractivity contribution is 5.97. The Balaban J connectivity index is 1.12. The topological polar surface area (TPSA) is 74.6 Å². The number of nitrogens with zero attached hydrogens (tertiary/aromatic N) is 1. The molecule has 1 aromatic heterocycles. The molecule has 0 saturated carbocycles. The molecule has 0 radical (unpaired) electrons. The molecule has 5 rings (SSSR count). The summed E-state index contributed by atoms with van der Waals surface area (Å²) < 4.78 is 32.6. The Kier molecular flexibility index (Phi) is 7.51. The van der Waals surface area contributed by atoms with Gasteiger partial charge in [0.1, 0.15) is 5.58 Å². The summed E-state index contributed by atoms with van der Waals surface area (Å²) in [6, 6.07) is 18.7. The fourth-order valence-electron chi connectivity index (χ4n) is 4.99. The van der Waals surface area contributed by atoms with E-state index < -0.39 is 11.6 Å². The Hall–Kier alpha value is -4.04. The van der Waals surface area contributed by atoms with Crippen molar-refractivity contribution in [3.8, 4) is 11.1 Å². The van der Waals surface area contributed by atoms with Crippen molar-refractivity contribution in [1.29, 1.82) is 0 Å². The second-order valence-electron chi connectivity index (χ2n) is 9.67. The predicted octanol–water partition coefficient (Wildman–Crippen LogP) is 5.95. The number of piperidine rings is 1. The van der Waals surface area contributed by atoms with Gasteiger partial charge in [-0.05, 0) is 91.0 Å². The van der Waals surface area contributed by atoms with Crippen molar-refractivity contribution in [3.05, 3.63) is 89.7 Å². The van der Waals surface area contributed by atoms with Crippen LogP contribution in [0, 0.1) is 11.6 Å². The molecular formula is C30H29F2N3O3. The lowest BCUT2D eigenvalue weighted by Crippen LogP contribution is -2.39. The van der Waals surface area contributed by atoms with Gasteiger partial charge in [-0.1, -0.05) is 24.3 Å². The van der Waals surface area contributed by atoms with Gasteiger partial charge in [-0.15, -0.1) is 0 Å². The van der Waals surface area contributed by atoms with Crippen molar-refractivity contribution in [2.45, 2.75) is 25.7 Å². The van der Waals surface area contributed by atoms with Gasteiger partial charge in [0.15, 0.2) is 17.4 Å². The third-order valence-electron chi connectivity index (χ3n) is 6.97. The highest BCUT2D eigenvalue weighted by atomic mass is 19.2. The number of furan rings is 1. The lowest BCUT2D eigenvalue weighted by Gasteiger charge is -2.32. The molecule has 3 aromatic carbocycles. The van der Waals surface area contributed by atoms with Gasteiger partial charge in [0.25, 0.3) is 5.91 Å². The van der Waals surface area contributed by atoms with Crippen LogP contribution in [0.3, 0.4) is 0 Å². The summed E-state index contributed by atoms with van der Waals surface area (Å²) in [5, 5.41) is 6.48. The molecule has 38 heavy (non-hydrogen) atoms. The largest absolute Gasteiger partial charge is 0.451 e. The molecule has 2 amide bonds. The molecule has 0 atom stereocenters. The summed E-state index contributed by atoms with van der Waals surface area (Å²) in [5.41, 5.74) is 3.86. The predicted molar refractivity (Wildman–Crippen MR) is 143 cm³/mol. The van der Waals surface area contributed by atoms with Gasteiger partial charge in [-0.2, -0.15) is 0 Å². The maximum absolute atomic E-state index is 13.6. The fraction of sp³-hybridized carbons (Fsp3) is 0.267. The molecule has 0 aliphatic carbocycles. The maximum Gasteiger partial charge on any atom is 0.287 e. The standard InChI is InChI=1S/C30H29F2N3O3/c1-19(36)34-25-4-2-3-21(16-25)20-9-12-35(13-10-20)14-11-33-30(37)29-18-24-15-22(6-8-28(24)38-29)23-5-7-26(31)27(32)17-23/h2-8,15-18,20H,9-14H2,1H3,(H,33,37)(H,34,36). The second kappa shape index (κ2) is 11.1. The Bertz CT molecular complexity index is 1470. The smallest absolute Gasteiger partial charge is 0.287 e. The number of rotatable bonds is 7. The van der Waals surface area contributed by atoms with Crippen LogP contribution >= 0.6 is 0 Å². The maximum atomic E-state index is 13.6. The van der Waals surface area contributed by atoms with E-state index in [1.807, 2.05) is 12.1 Å². The van der Waals surface area contributed by atoms with Crippen LogP contribution in [0.4, 0.5) is 14.5 Å². The van der Waals surface area contributed by atoms with E-state index in [2.05, 4.69) is 27.7 Å². The molecule has 1 aliphatic rings. The van der Waals surface area contributed by atoms with Crippen LogP contribution in [0.25, 0.3) is 22.1 Å². The van der Waals surface area contributed by atoms with Gasteiger partial charge in [0, 0.05) is 31.1 Å². The summed E-state index contributed by atoms with van der Waals surface area (Å²) in [4.78, 5) is 26.4. The zero-order valence-electron chi connectivity index (χ0n) is 21.1. The van der Waals surface area contributed by atoms with Crippen LogP contribution in [-0.2, 0) is 4.79 Å². The number of fused-ring (bicyclic) bond motifs is 1. The Morgan fingerprint density at radius 3 is 2.47 bits per heavy atom. The number of halogens is 2. The summed E-state index contributed by atoms with van der Waals surface area (Å²) in [5.74, 6) is -1.51. The molecule has 1 saturated heterocycles. The van der Waals surface area contributed by atoms with Gasteiger partial charge in [-0.3, -0.25) is 9.59 Å². The van der Waals surface area contributed by atoms with E-state index in [4.69, 9.17) is 4.42 Å². The van der Waals surface area contributed by atoms with E-state index >= 15 is 0 Å². The first-order valence-corrected chi connectivity index (χ1v) is 12.7. The van der Waals surface area contributed by atoms with Gasteiger partial charge < -0.3 is 20.0 Å². The number of anilines is 1. The van der Waals surface area contributed by atoms with E-state index in [9.17, 15) is 18.4 Å². The molecule has 196 valence electrons. The first-order valence-electron chi connectivity index (χ1n) is 12.7. The van der Waals surface area contributed by atoms with Crippen LogP contribution in [0.1, 0.15) is 41.8 Å². The van der Waals surface area contributed by atoms with Crippen molar-refractivity contribution >= 4 is 28.5 Å². The summed E-state index contributed by atoms with van der Waals surface area (Å²) >= 11 is 0. The lowest BCUT2D eigenvalue weighted by atomic mass is 9.89. The number of hydrogen-bond donors (Lipinski definition) is 2. The molecular weight excluding hydrogens is 488 g/mol. The molecule has 1 fully saturated rings. The average Bonchev–Trinajstić information content (AvgIpc) is 3.34. The fourth-order valence-corrected chi connectivity index (χ4v) is 4.99. The Morgan fingerprint density at radius 1 is 0.947 bits per heavy atom. The van der Waals surface area contributed by atoms with Crippen molar-refractivity contribution < 1.29 is 22.8 Å². The molecule has 1 aliphatic heterocycles. The van der Waals surface area contributed by atoms with Gasteiger partial charge in [0.2, 0.25) is 5.91 Å². The Morgan fingerprint density at radius 2 is 1.71 bits per heavy atom. The summed E-state index contributed by atoms with van der Waals surface area (Å²) in [7, 11) is 0. The number of nitrogens with one attached hydrogen (secondary N) is 2. The number of hydrogen-bond acceptors (Lipinski definition) is 4. The van der Waals surface area contributed by atoms with Crippen molar-refractivity contribution in [3.63, 3.8) is 0 Å². The highest BCUT2D eigenvalue weighted by Crippen LogP contribution is 2.30. The van der Waals surface area contributed by atoms with Gasteiger partial charge >= 0.3 is 0 Å². The number of carbonyl (C=O) groups is 2. The summed E-state index contributed by atoms with van der Waals surface area (Å²) in [6.45, 7) is 4.61. The van der Waals surface area contributed by atoms with E-state index in [-0.39, 0.29) is 17.6 Å². The monoisotopic (exact) mass is 517 g/mol. The molecule has 2 heterocycles. The number of amides is 2. The molecule has 0 bridgehead atoms. The van der Waals surface area contributed by atoms with Crippen molar-refractivity contribution in [1.82, 2.24) is 10.2 Å². The van der Waals surface area contributed by atoms with E-state index in [1.54, 1.807) is 24.3 Å². The van der Waals surface area contributed by atoms with Crippen molar-refractivity contribution in [2.75, 3.05) is 31.5 Å². The normalized spacial score (nSPS) is 14.5. The second-order valence-corrected chi connectivity index (χ2v) is 9.67. The quantitative estimate of drug-likeness (QED) is 0.318. The van der Waals surface area contributed by atoms with Crippen LogP contribution in [0.5, 0.6) is 0 Å². The minimum Gasteiger partial charge on any atom is -0.451 e. The molecule has 0 unspecified atom stereocenters. The molecule has 2 N–H and O–H groups in total. The van der Waals surface area contributed by atoms with Crippen LogP contribution in [0.15, 0.2) is 71.1 Å². The van der Waals surface area contributed by atoms with E-state index in [0.29, 0.717) is 34.6 Å². The van der Waals surface area contributed by atoms with E-state index in [1.165, 1.54) is 18.6 Å². The lowest BCUT2D eigenvalue weighted by molar-refractivity contribution is -0.114. The third kappa shape index (κ3) is 5.92. The zero-order valence-corrected chi connectivity index (χ0v) is 21.1. The van der Waals surface area contributed by atoms with Gasteiger partial charge in [0.05, 0.1) is 0 Å². The highest BCUT2D eigenvalue weighted by Gasteiger charge is 2.21. The SMILES string of the molecule is CC(=O)Nc1cccc(C2CCN(CCNC(=O)c3cc4cc(-c5ccc(F)c(F)c5)ccc4o3)CC2)c1. The first-order chi connectivity index (χ1) is 18.4. The zero-order chi connectivity index (χ0) is 26.6. The molecule has 4 aromatic rings. The third-order valence-corrected chi connectivity index (χ3v) is 6.97. The van der Waals surface area contributed by atoms with E-state index in [0.717, 1.165) is 50.3 Å². The number of carbonyl (C=O) groups excluding carboxylic acids is 2. The minimum absolute atomic E-state index is 0.0758. The Labute approximate surface area is 219 Å². The van der Waals surface area contributed by atoms with Crippen LogP contribution in [0.2, 0.25) is 0 Å². The number of benzene rings is 3. The molecule has 0 spiro atoms.